The third kappa shape index (κ3) is 4.05. The first-order valence-corrected chi connectivity index (χ1v) is 11.9. The van der Waals surface area contributed by atoms with Crippen LogP contribution in [0.15, 0.2) is 29.0 Å². The van der Waals surface area contributed by atoms with E-state index in [1.54, 1.807) is 6.33 Å². The highest BCUT2D eigenvalue weighted by atomic mass is 79.9. The molecule has 2 aliphatic rings. The number of amides is 1. The van der Waals surface area contributed by atoms with Gasteiger partial charge in [0.2, 0.25) is 5.91 Å². The van der Waals surface area contributed by atoms with E-state index in [0.29, 0.717) is 6.54 Å². The van der Waals surface area contributed by atoms with Gasteiger partial charge in [-0.3, -0.25) is 4.79 Å². The average Bonchev–Trinajstić information content (AvgIpc) is 2.96. The predicted octanol–water partition coefficient (Wildman–Crippen LogP) is 4.48. The number of nitrogens with one attached hydrogen (secondary N) is 1. The van der Waals surface area contributed by atoms with Crippen molar-refractivity contribution in [2.45, 2.75) is 52.0 Å². The van der Waals surface area contributed by atoms with Crippen molar-refractivity contribution in [3.8, 4) is 0 Å². The molecule has 2 aromatic heterocycles. The number of imidazole rings is 1. The Hall–Kier alpha value is -2.48. The predicted molar refractivity (Wildman–Crippen MR) is 125 cm³/mol. The minimum absolute atomic E-state index is 0.0704. The quantitative estimate of drug-likeness (QED) is 0.595. The van der Waals surface area contributed by atoms with E-state index in [0.717, 1.165) is 70.9 Å². The van der Waals surface area contributed by atoms with E-state index in [1.807, 2.05) is 25.1 Å². The molecule has 31 heavy (non-hydrogen) atoms. The van der Waals surface area contributed by atoms with Crippen molar-refractivity contribution in [2.75, 3.05) is 23.3 Å². The van der Waals surface area contributed by atoms with Crippen molar-refractivity contribution < 1.29 is 4.79 Å². The number of halogens is 1. The van der Waals surface area contributed by atoms with Crippen LogP contribution >= 0.6 is 15.9 Å². The van der Waals surface area contributed by atoms with Crippen LogP contribution < -0.4 is 10.2 Å². The fraction of sp³-hybridized carbons (Fsp3) is 0.478. The van der Waals surface area contributed by atoms with Gasteiger partial charge in [-0.1, -0.05) is 22.4 Å². The number of carbonyl (C=O) groups is 1. The Morgan fingerprint density at radius 1 is 1.16 bits per heavy atom. The zero-order valence-corrected chi connectivity index (χ0v) is 19.4. The van der Waals surface area contributed by atoms with E-state index < -0.39 is 0 Å². The molecule has 0 aliphatic carbocycles. The number of nitrogens with zero attached hydrogens (tertiary/aromatic N) is 5. The Morgan fingerprint density at radius 2 is 2.06 bits per heavy atom. The Bertz CT molecular complexity index is 1130. The number of benzene rings is 1. The van der Waals surface area contributed by atoms with Gasteiger partial charge in [0.15, 0.2) is 17.0 Å². The molecule has 3 aromatic rings. The number of anilines is 2. The third-order valence-corrected chi connectivity index (χ3v) is 6.91. The molecule has 1 N–H and O–H groups in total. The van der Waals surface area contributed by atoms with E-state index in [2.05, 4.69) is 40.7 Å². The topological polar surface area (TPSA) is 75.9 Å². The summed E-state index contributed by atoms with van der Waals surface area (Å²) in [6.45, 7) is 4.51. The Balaban J connectivity index is 1.38. The number of carbonyl (C=O) groups excluding carboxylic acids is 1. The zero-order valence-electron chi connectivity index (χ0n) is 17.8. The summed E-state index contributed by atoms with van der Waals surface area (Å²) in [6.07, 6.45) is 8.05. The number of piperidine rings is 1. The molecule has 4 heterocycles. The smallest absolute Gasteiger partial charge is 0.229 e. The lowest BCUT2D eigenvalue weighted by Gasteiger charge is -2.33. The van der Waals surface area contributed by atoms with Crippen molar-refractivity contribution in [1.82, 2.24) is 19.5 Å². The minimum atomic E-state index is -0.0812. The van der Waals surface area contributed by atoms with Gasteiger partial charge >= 0.3 is 0 Å². The number of hydrogen-bond donors (Lipinski definition) is 1. The standard InChI is InChI=1S/C23H27BrN6O/c1-15-12-17(24)8-9-18(15)27-23(31)16-6-5-10-29(13-16)21-20-22(26-14-25-21)30-11-4-2-3-7-19(30)28-20/h8-9,12,14,16H,2-7,10-11,13H2,1H3,(H,27,31). The van der Waals surface area contributed by atoms with Gasteiger partial charge in [-0.15, -0.1) is 0 Å². The Kier molecular flexibility index (Phi) is 5.65. The van der Waals surface area contributed by atoms with Crippen LogP contribution in [0, 0.1) is 12.8 Å². The molecule has 0 radical (unpaired) electrons. The van der Waals surface area contributed by atoms with Crippen LogP contribution in [-0.4, -0.2) is 38.5 Å². The van der Waals surface area contributed by atoms with Crippen LogP contribution in [0.25, 0.3) is 11.2 Å². The summed E-state index contributed by atoms with van der Waals surface area (Å²) in [5.74, 6) is 1.97. The van der Waals surface area contributed by atoms with Crippen LogP contribution in [0.5, 0.6) is 0 Å². The lowest BCUT2D eigenvalue weighted by atomic mass is 9.96. The van der Waals surface area contributed by atoms with Crippen LogP contribution in [0.4, 0.5) is 11.5 Å². The van der Waals surface area contributed by atoms with Crippen molar-refractivity contribution in [1.29, 1.82) is 0 Å². The first-order chi connectivity index (χ1) is 15.1. The number of aromatic nitrogens is 4. The van der Waals surface area contributed by atoms with Gasteiger partial charge in [-0.05, 0) is 56.4 Å². The number of fused-ring (bicyclic) bond motifs is 3. The fourth-order valence-electron chi connectivity index (χ4n) is 4.74. The first-order valence-electron chi connectivity index (χ1n) is 11.1. The van der Waals surface area contributed by atoms with E-state index in [4.69, 9.17) is 4.98 Å². The number of hydrogen-bond acceptors (Lipinski definition) is 5. The molecule has 0 spiro atoms. The summed E-state index contributed by atoms with van der Waals surface area (Å²) in [4.78, 5) is 29.4. The average molecular weight is 483 g/mol. The van der Waals surface area contributed by atoms with Gasteiger partial charge < -0.3 is 14.8 Å². The molecular formula is C23H27BrN6O. The van der Waals surface area contributed by atoms with Crippen LogP contribution in [0.1, 0.15) is 43.5 Å². The Morgan fingerprint density at radius 3 is 2.94 bits per heavy atom. The maximum atomic E-state index is 13.0. The maximum Gasteiger partial charge on any atom is 0.229 e. The van der Waals surface area contributed by atoms with E-state index in [-0.39, 0.29) is 11.8 Å². The lowest BCUT2D eigenvalue weighted by Crippen LogP contribution is -2.41. The second kappa shape index (κ2) is 8.57. The normalized spacial score (nSPS) is 19.2. The molecule has 7 nitrogen and oxygen atoms in total. The number of rotatable bonds is 3. The van der Waals surface area contributed by atoms with Crippen molar-refractivity contribution in [3.05, 3.63) is 40.4 Å². The van der Waals surface area contributed by atoms with Crippen LogP contribution in [0.2, 0.25) is 0 Å². The highest BCUT2D eigenvalue weighted by Crippen LogP contribution is 2.30. The molecule has 0 saturated carbocycles. The minimum Gasteiger partial charge on any atom is -0.354 e. The lowest BCUT2D eigenvalue weighted by molar-refractivity contribution is -0.120. The molecule has 0 bridgehead atoms. The largest absolute Gasteiger partial charge is 0.354 e. The molecule has 1 fully saturated rings. The summed E-state index contributed by atoms with van der Waals surface area (Å²) in [5.41, 5.74) is 3.73. The number of aryl methyl sites for hydroxylation is 3. The summed E-state index contributed by atoms with van der Waals surface area (Å²) in [6, 6.07) is 5.92. The van der Waals surface area contributed by atoms with Gasteiger partial charge in [-0.2, -0.15) is 0 Å². The molecule has 1 atom stereocenters. The summed E-state index contributed by atoms with van der Waals surface area (Å²) in [7, 11) is 0. The second-order valence-corrected chi connectivity index (χ2v) is 9.51. The van der Waals surface area contributed by atoms with Gasteiger partial charge in [-0.25, -0.2) is 15.0 Å². The van der Waals surface area contributed by atoms with Crippen LogP contribution in [-0.2, 0) is 17.8 Å². The van der Waals surface area contributed by atoms with Crippen molar-refractivity contribution in [2.24, 2.45) is 5.92 Å². The Labute approximate surface area is 190 Å². The van der Waals surface area contributed by atoms with E-state index >= 15 is 0 Å². The summed E-state index contributed by atoms with van der Waals surface area (Å²) >= 11 is 3.48. The molecule has 1 aromatic carbocycles. The highest BCUT2D eigenvalue weighted by Gasteiger charge is 2.29. The van der Waals surface area contributed by atoms with Gasteiger partial charge in [0.25, 0.3) is 0 Å². The highest BCUT2D eigenvalue weighted by molar-refractivity contribution is 9.10. The monoisotopic (exact) mass is 482 g/mol. The molecule has 2 aliphatic heterocycles. The fourth-order valence-corrected chi connectivity index (χ4v) is 5.22. The van der Waals surface area contributed by atoms with Gasteiger partial charge in [0.05, 0.1) is 5.92 Å². The summed E-state index contributed by atoms with van der Waals surface area (Å²) < 4.78 is 3.27. The second-order valence-electron chi connectivity index (χ2n) is 8.59. The van der Waals surface area contributed by atoms with Crippen LogP contribution in [0.3, 0.4) is 0 Å². The van der Waals surface area contributed by atoms with Gasteiger partial charge in [0.1, 0.15) is 12.2 Å². The SMILES string of the molecule is Cc1cc(Br)ccc1NC(=O)C1CCCN(c2ncnc3c2nc2n3CCCCC2)C1. The molecule has 1 saturated heterocycles. The molecule has 1 unspecified atom stereocenters. The molecule has 5 rings (SSSR count). The van der Waals surface area contributed by atoms with E-state index in [1.165, 1.54) is 19.3 Å². The maximum absolute atomic E-state index is 13.0. The summed E-state index contributed by atoms with van der Waals surface area (Å²) in [5, 5.41) is 3.12. The first kappa shape index (κ1) is 20.4. The van der Waals surface area contributed by atoms with Crippen molar-refractivity contribution in [3.63, 3.8) is 0 Å². The van der Waals surface area contributed by atoms with Crippen molar-refractivity contribution >= 4 is 44.5 Å². The molecule has 1 amide bonds. The van der Waals surface area contributed by atoms with Gasteiger partial charge in [0, 0.05) is 36.2 Å². The molecule has 162 valence electrons. The van der Waals surface area contributed by atoms with E-state index in [9.17, 15) is 4.79 Å². The zero-order chi connectivity index (χ0) is 21.4. The third-order valence-electron chi connectivity index (χ3n) is 6.41. The molecular weight excluding hydrogens is 456 g/mol. The molecule has 8 heteroatoms.